The molecule has 0 unspecified atom stereocenters. The van der Waals surface area contributed by atoms with Crippen molar-refractivity contribution in [2.75, 3.05) is 12.0 Å². The van der Waals surface area contributed by atoms with Crippen molar-refractivity contribution in [2.45, 2.75) is 19.9 Å². The summed E-state index contributed by atoms with van der Waals surface area (Å²) >= 11 is 0. The molecule has 0 N–H and O–H groups in total. The minimum Gasteiger partial charge on any atom is -0.497 e. The van der Waals surface area contributed by atoms with Crippen LogP contribution < -0.4 is 15.1 Å². The number of carbonyl (C=O) groups is 1. The summed E-state index contributed by atoms with van der Waals surface area (Å²) in [6, 6.07) is 13.5. The summed E-state index contributed by atoms with van der Waals surface area (Å²) in [5, 5.41) is 4.46. The molecular weight excluding hydrogens is 384 g/mol. The van der Waals surface area contributed by atoms with Crippen molar-refractivity contribution in [3.63, 3.8) is 0 Å². The molecular formula is C23H18N2O5. The van der Waals surface area contributed by atoms with Crippen LogP contribution in [0.3, 0.4) is 0 Å². The van der Waals surface area contributed by atoms with Crippen molar-refractivity contribution in [3.8, 4) is 5.75 Å². The lowest BCUT2D eigenvalue weighted by Gasteiger charge is -2.22. The fourth-order valence-electron chi connectivity index (χ4n) is 3.92. The molecule has 1 atom stereocenters. The summed E-state index contributed by atoms with van der Waals surface area (Å²) in [7, 11) is 1.57. The van der Waals surface area contributed by atoms with E-state index in [0.29, 0.717) is 33.9 Å². The number of methoxy groups -OCH3 is 1. The Kier molecular flexibility index (Phi) is 3.99. The van der Waals surface area contributed by atoms with Gasteiger partial charge in [0.2, 0.25) is 5.76 Å². The van der Waals surface area contributed by atoms with Crippen LogP contribution >= 0.6 is 0 Å². The molecule has 150 valence electrons. The van der Waals surface area contributed by atoms with Crippen LogP contribution in [0, 0.1) is 13.8 Å². The second-order valence-electron chi connectivity index (χ2n) is 7.32. The summed E-state index contributed by atoms with van der Waals surface area (Å²) < 4.78 is 16.5. The van der Waals surface area contributed by atoms with Crippen LogP contribution in [0.5, 0.6) is 5.75 Å². The monoisotopic (exact) mass is 402 g/mol. The highest BCUT2D eigenvalue weighted by Crippen LogP contribution is 2.41. The summed E-state index contributed by atoms with van der Waals surface area (Å²) in [5.41, 5.74) is 2.06. The molecule has 0 aliphatic carbocycles. The lowest BCUT2D eigenvalue weighted by Crippen LogP contribution is -2.29. The smallest absolute Gasteiger partial charge is 0.296 e. The number of rotatable bonds is 3. The van der Waals surface area contributed by atoms with E-state index in [9.17, 15) is 9.59 Å². The fraction of sp³-hybridized carbons (Fsp3) is 0.174. The van der Waals surface area contributed by atoms with Gasteiger partial charge in [-0.25, -0.2) is 0 Å². The van der Waals surface area contributed by atoms with Crippen LogP contribution in [-0.2, 0) is 0 Å². The number of anilines is 1. The van der Waals surface area contributed by atoms with E-state index in [4.69, 9.17) is 13.7 Å². The number of benzene rings is 2. The maximum absolute atomic E-state index is 13.5. The average Bonchev–Trinajstić information content (AvgIpc) is 3.30. The normalized spacial score (nSPS) is 15.6. The Morgan fingerprint density at radius 1 is 1.07 bits per heavy atom. The summed E-state index contributed by atoms with van der Waals surface area (Å²) in [4.78, 5) is 28.3. The van der Waals surface area contributed by atoms with Crippen LogP contribution in [0.4, 0.5) is 5.82 Å². The predicted octanol–water partition coefficient (Wildman–Crippen LogP) is 4.16. The van der Waals surface area contributed by atoms with Crippen molar-refractivity contribution in [1.29, 1.82) is 0 Å². The first-order valence-electron chi connectivity index (χ1n) is 9.46. The first-order valence-corrected chi connectivity index (χ1v) is 9.46. The van der Waals surface area contributed by atoms with Crippen molar-refractivity contribution in [1.82, 2.24) is 5.16 Å². The number of hydrogen-bond donors (Lipinski definition) is 0. The highest BCUT2D eigenvalue weighted by Gasteiger charge is 2.45. The van der Waals surface area contributed by atoms with Crippen molar-refractivity contribution in [3.05, 3.63) is 87.0 Å². The number of amides is 1. The second-order valence-corrected chi connectivity index (χ2v) is 7.32. The molecule has 1 aliphatic rings. The first-order chi connectivity index (χ1) is 14.5. The molecule has 3 heterocycles. The fourth-order valence-corrected chi connectivity index (χ4v) is 3.92. The number of aryl methyl sites for hydroxylation is 2. The van der Waals surface area contributed by atoms with Crippen LogP contribution in [0.2, 0.25) is 0 Å². The van der Waals surface area contributed by atoms with E-state index in [0.717, 1.165) is 5.56 Å². The van der Waals surface area contributed by atoms with Gasteiger partial charge in [0.05, 0.1) is 24.1 Å². The number of nitrogens with zero attached hydrogens (tertiary/aromatic N) is 2. The molecule has 7 heteroatoms. The zero-order valence-electron chi connectivity index (χ0n) is 16.6. The highest BCUT2D eigenvalue weighted by molar-refractivity contribution is 6.10. The Balaban J connectivity index is 1.83. The maximum Gasteiger partial charge on any atom is 0.296 e. The Morgan fingerprint density at radius 3 is 2.63 bits per heavy atom. The van der Waals surface area contributed by atoms with Gasteiger partial charge in [0.1, 0.15) is 17.1 Å². The zero-order valence-corrected chi connectivity index (χ0v) is 16.6. The standard InChI is InChI=1S/C23H18N2O5/c1-12-7-8-17-16(9-12)21(26)19-20(14-5-4-6-15(11-14)28-3)25(23(27)22(19)29-17)18-10-13(2)30-24-18/h4-11,20H,1-3H3/t20-/m1/s1. The van der Waals surface area contributed by atoms with E-state index in [1.165, 1.54) is 4.90 Å². The van der Waals surface area contributed by atoms with E-state index in [2.05, 4.69) is 5.16 Å². The molecule has 2 aromatic carbocycles. The molecule has 1 amide bonds. The van der Waals surface area contributed by atoms with Gasteiger partial charge >= 0.3 is 0 Å². The minimum absolute atomic E-state index is 0.0184. The number of ether oxygens (including phenoxy) is 1. The van der Waals surface area contributed by atoms with Crippen LogP contribution in [-0.4, -0.2) is 18.2 Å². The number of hydrogen-bond acceptors (Lipinski definition) is 6. The zero-order chi connectivity index (χ0) is 21.0. The van der Waals surface area contributed by atoms with E-state index in [1.54, 1.807) is 44.4 Å². The Hall–Kier alpha value is -3.87. The molecule has 2 aromatic heterocycles. The molecule has 4 aromatic rings. The number of aromatic nitrogens is 1. The van der Waals surface area contributed by atoms with Gasteiger partial charge in [-0.2, -0.15) is 0 Å². The Morgan fingerprint density at radius 2 is 1.90 bits per heavy atom. The third kappa shape index (κ3) is 2.62. The van der Waals surface area contributed by atoms with E-state index in [1.807, 2.05) is 25.1 Å². The molecule has 0 saturated heterocycles. The molecule has 0 bridgehead atoms. The van der Waals surface area contributed by atoms with Gasteiger partial charge in [0.15, 0.2) is 11.2 Å². The summed E-state index contributed by atoms with van der Waals surface area (Å²) in [5.74, 6) is 1.07. The molecule has 0 radical (unpaired) electrons. The molecule has 30 heavy (non-hydrogen) atoms. The van der Waals surface area contributed by atoms with E-state index in [-0.39, 0.29) is 16.8 Å². The highest BCUT2D eigenvalue weighted by atomic mass is 16.5. The largest absolute Gasteiger partial charge is 0.497 e. The maximum atomic E-state index is 13.5. The molecule has 1 aliphatic heterocycles. The quantitative estimate of drug-likeness (QED) is 0.512. The Bertz CT molecular complexity index is 1370. The minimum atomic E-state index is -0.715. The van der Waals surface area contributed by atoms with E-state index >= 15 is 0 Å². The SMILES string of the molecule is COc1cccc([C@@H]2c3c(oc4ccc(C)cc4c3=O)C(=O)N2c2cc(C)on2)c1. The first kappa shape index (κ1) is 18.2. The average molecular weight is 402 g/mol. The van der Waals surface area contributed by atoms with Gasteiger partial charge in [-0.05, 0) is 43.7 Å². The molecule has 7 nitrogen and oxygen atoms in total. The second kappa shape index (κ2) is 6.59. The van der Waals surface area contributed by atoms with Gasteiger partial charge in [0.25, 0.3) is 5.91 Å². The molecule has 5 rings (SSSR count). The molecule has 0 fully saturated rings. The van der Waals surface area contributed by atoms with Crippen molar-refractivity contribution in [2.24, 2.45) is 0 Å². The summed E-state index contributed by atoms with van der Waals surface area (Å²) in [6.07, 6.45) is 0. The predicted molar refractivity (Wildman–Crippen MR) is 110 cm³/mol. The van der Waals surface area contributed by atoms with Crippen molar-refractivity contribution >= 4 is 22.7 Å². The van der Waals surface area contributed by atoms with Crippen molar-refractivity contribution < 1.29 is 18.5 Å². The third-order valence-electron chi connectivity index (χ3n) is 5.30. The van der Waals surface area contributed by atoms with E-state index < -0.39 is 11.9 Å². The summed E-state index contributed by atoms with van der Waals surface area (Å²) in [6.45, 7) is 3.65. The Labute approximate surface area is 171 Å². The van der Waals surface area contributed by atoms with Gasteiger partial charge < -0.3 is 13.7 Å². The topological polar surface area (TPSA) is 85.8 Å². The van der Waals surface area contributed by atoms with Gasteiger partial charge in [-0.15, -0.1) is 0 Å². The van der Waals surface area contributed by atoms with Crippen LogP contribution in [0.25, 0.3) is 11.0 Å². The van der Waals surface area contributed by atoms with Gasteiger partial charge in [-0.1, -0.05) is 28.9 Å². The third-order valence-corrected chi connectivity index (χ3v) is 5.30. The lowest BCUT2D eigenvalue weighted by atomic mass is 9.98. The lowest BCUT2D eigenvalue weighted by molar-refractivity contribution is 0.0969. The number of fused-ring (bicyclic) bond motifs is 2. The molecule has 0 spiro atoms. The molecule has 0 saturated carbocycles. The number of carbonyl (C=O) groups excluding carboxylic acids is 1. The van der Waals surface area contributed by atoms with Crippen LogP contribution in [0.1, 0.15) is 39.0 Å². The van der Waals surface area contributed by atoms with Gasteiger partial charge in [-0.3, -0.25) is 14.5 Å². The van der Waals surface area contributed by atoms with Crippen LogP contribution in [0.15, 0.2) is 62.3 Å². The van der Waals surface area contributed by atoms with Gasteiger partial charge in [0, 0.05) is 6.07 Å².